The lowest BCUT2D eigenvalue weighted by molar-refractivity contribution is -0.137. The number of halogens is 3. The van der Waals surface area contributed by atoms with Crippen LogP contribution in [-0.4, -0.2) is 43.5 Å². The molecule has 1 aromatic carbocycles. The molecule has 2 N–H and O–H groups in total. The average Bonchev–Trinajstić information content (AvgIpc) is 3.20. The Morgan fingerprint density at radius 1 is 1.27 bits per heavy atom. The molecule has 0 amide bonds. The highest BCUT2D eigenvalue weighted by atomic mass is 19.4. The number of rotatable bonds is 3. The van der Waals surface area contributed by atoms with Crippen LogP contribution < -0.4 is 10.6 Å². The third-order valence-electron chi connectivity index (χ3n) is 5.32. The quantitative estimate of drug-likeness (QED) is 0.637. The third-order valence-corrected chi connectivity index (χ3v) is 5.32. The molecule has 2 fully saturated rings. The number of fused-ring (bicyclic) bond motifs is 1. The van der Waals surface area contributed by atoms with Gasteiger partial charge in [0, 0.05) is 37.4 Å². The molecule has 2 heterocycles. The lowest BCUT2D eigenvalue weighted by Gasteiger charge is -2.25. The summed E-state index contributed by atoms with van der Waals surface area (Å²) in [5.41, 5.74) is 1.50. The van der Waals surface area contributed by atoms with Gasteiger partial charge in [-0.2, -0.15) is 13.2 Å². The first-order valence-corrected chi connectivity index (χ1v) is 8.87. The minimum atomic E-state index is -4.36. The Kier molecular flexibility index (Phi) is 5.27. The van der Waals surface area contributed by atoms with E-state index in [2.05, 4.69) is 20.5 Å². The summed E-state index contributed by atoms with van der Waals surface area (Å²) in [6, 6.07) is 5.92. The fourth-order valence-corrected chi connectivity index (χ4v) is 3.74. The van der Waals surface area contributed by atoms with Crippen molar-refractivity contribution < 1.29 is 13.2 Å². The number of nitrogens with zero attached hydrogens (tertiary/aromatic N) is 2. The van der Waals surface area contributed by atoms with Crippen molar-refractivity contribution in [2.24, 2.45) is 10.9 Å². The molecule has 3 rings (SSSR count). The molecule has 1 aromatic rings. The second kappa shape index (κ2) is 7.31. The van der Waals surface area contributed by atoms with Gasteiger partial charge in [-0.05, 0) is 44.9 Å². The molecule has 4 nitrogen and oxygen atoms in total. The zero-order chi connectivity index (χ0) is 18.9. The van der Waals surface area contributed by atoms with Crippen LogP contribution in [0.15, 0.2) is 35.0 Å². The molecular weight excluding hydrogens is 341 g/mol. The lowest BCUT2D eigenvalue weighted by Crippen LogP contribution is -2.31. The summed E-state index contributed by atoms with van der Waals surface area (Å²) >= 11 is 0. The molecule has 142 valence electrons. The van der Waals surface area contributed by atoms with Gasteiger partial charge in [0.2, 0.25) is 0 Å². The van der Waals surface area contributed by atoms with Gasteiger partial charge < -0.3 is 15.5 Å². The van der Waals surface area contributed by atoms with Crippen molar-refractivity contribution in [2.75, 3.05) is 26.7 Å². The molecule has 0 bridgehead atoms. The van der Waals surface area contributed by atoms with E-state index in [1.807, 2.05) is 6.92 Å². The maximum absolute atomic E-state index is 13.1. The normalized spacial score (nSPS) is 24.5. The van der Waals surface area contributed by atoms with Gasteiger partial charge in [0.05, 0.1) is 17.1 Å². The smallest absolute Gasteiger partial charge is 0.371 e. The van der Waals surface area contributed by atoms with E-state index in [0.29, 0.717) is 29.1 Å². The zero-order valence-electron chi connectivity index (χ0n) is 15.3. The molecule has 0 saturated carbocycles. The predicted molar refractivity (Wildman–Crippen MR) is 97.7 cm³/mol. The Balaban J connectivity index is 1.97. The number of aliphatic imine (C=N–C) groups is 1. The fourth-order valence-electron chi connectivity index (χ4n) is 3.74. The molecule has 0 radical (unpaired) electrons. The van der Waals surface area contributed by atoms with Crippen LogP contribution in [-0.2, 0) is 6.18 Å². The summed E-state index contributed by atoms with van der Waals surface area (Å²) < 4.78 is 39.4. The van der Waals surface area contributed by atoms with Crippen molar-refractivity contribution >= 4 is 11.5 Å². The number of amidine groups is 1. The molecule has 0 aliphatic carbocycles. The van der Waals surface area contributed by atoms with Crippen LogP contribution in [0.2, 0.25) is 0 Å². The highest BCUT2D eigenvalue weighted by Gasteiger charge is 2.37. The molecule has 2 aliphatic rings. The molecule has 7 heteroatoms. The van der Waals surface area contributed by atoms with Crippen LogP contribution in [0.4, 0.5) is 13.2 Å². The summed E-state index contributed by atoms with van der Waals surface area (Å²) in [5, 5.41) is 6.71. The largest absolute Gasteiger partial charge is 0.416 e. The summed E-state index contributed by atoms with van der Waals surface area (Å²) in [6.07, 6.45) is -3.21. The van der Waals surface area contributed by atoms with Crippen molar-refractivity contribution in [1.82, 2.24) is 15.5 Å². The number of nitrogens with one attached hydrogen (secondary N) is 2. The monoisotopic (exact) mass is 366 g/mol. The topological polar surface area (TPSA) is 39.7 Å². The molecule has 2 atom stereocenters. The van der Waals surface area contributed by atoms with Crippen LogP contribution in [0, 0.1) is 5.92 Å². The maximum Gasteiger partial charge on any atom is 0.416 e. The minimum absolute atomic E-state index is 0.466. The minimum Gasteiger partial charge on any atom is -0.371 e. The first-order chi connectivity index (χ1) is 12.3. The Labute approximate surface area is 152 Å². The van der Waals surface area contributed by atoms with Gasteiger partial charge in [-0.25, -0.2) is 0 Å². The van der Waals surface area contributed by atoms with Crippen LogP contribution >= 0.6 is 0 Å². The van der Waals surface area contributed by atoms with Gasteiger partial charge >= 0.3 is 6.18 Å². The number of allylic oxidation sites excluding steroid dienone is 1. The van der Waals surface area contributed by atoms with Gasteiger partial charge in [0.1, 0.15) is 0 Å². The molecule has 2 aliphatic heterocycles. The van der Waals surface area contributed by atoms with Crippen LogP contribution in [0.3, 0.4) is 0 Å². The van der Waals surface area contributed by atoms with Crippen molar-refractivity contribution in [2.45, 2.75) is 32.5 Å². The van der Waals surface area contributed by atoms with Crippen LogP contribution in [0.1, 0.15) is 31.4 Å². The predicted octanol–water partition coefficient (Wildman–Crippen LogP) is 3.33. The van der Waals surface area contributed by atoms with E-state index in [4.69, 9.17) is 0 Å². The van der Waals surface area contributed by atoms with Gasteiger partial charge in [-0.15, -0.1) is 0 Å². The number of hydrogen-bond donors (Lipinski definition) is 2. The summed E-state index contributed by atoms with van der Waals surface area (Å²) in [7, 11) is 1.66. The highest BCUT2D eigenvalue weighted by Crippen LogP contribution is 2.33. The van der Waals surface area contributed by atoms with Gasteiger partial charge in [-0.3, -0.25) is 4.99 Å². The van der Waals surface area contributed by atoms with Crippen molar-refractivity contribution in [3.8, 4) is 0 Å². The first kappa shape index (κ1) is 18.8. The Morgan fingerprint density at radius 2 is 2.04 bits per heavy atom. The zero-order valence-corrected chi connectivity index (χ0v) is 15.3. The summed E-state index contributed by atoms with van der Waals surface area (Å²) in [5.74, 6) is 1.27. The molecule has 0 spiro atoms. The van der Waals surface area contributed by atoms with Gasteiger partial charge in [-0.1, -0.05) is 12.1 Å². The van der Waals surface area contributed by atoms with Crippen LogP contribution in [0.25, 0.3) is 5.70 Å². The summed E-state index contributed by atoms with van der Waals surface area (Å²) in [6.45, 7) is 6.62. The van der Waals surface area contributed by atoms with E-state index >= 15 is 0 Å². The third kappa shape index (κ3) is 3.87. The fraction of sp³-hybridized carbons (Fsp3) is 0.526. The standard InChI is InChI=1S/C19H25F3N4/c1-12(26-10-15-7-8-24-17(15)11-26)18(25-13(2)23-3)14-5-4-6-16(9-14)19(20,21)22/h4-6,9,15,17,24H,7-8,10-11H2,1-3H3,(H,23,25)/b18-12+. The Bertz CT molecular complexity index is 712. The van der Waals surface area contributed by atoms with Crippen molar-refractivity contribution in [3.63, 3.8) is 0 Å². The SMILES string of the molecule is CN=C(C)N/C(=C(\C)N1CC2CCNC2C1)c1cccc(C(F)(F)F)c1. The second-order valence-electron chi connectivity index (χ2n) is 6.99. The molecule has 2 saturated heterocycles. The number of likely N-dealkylation sites (tertiary alicyclic amines) is 1. The average molecular weight is 366 g/mol. The Hall–Kier alpha value is -2.02. The summed E-state index contributed by atoms with van der Waals surface area (Å²) in [4.78, 5) is 6.37. The molecule has 2 unspecified atom stereocenters. The van der Waals surface area contributed by atoms with Gasteiger partial charge in [0.25, 0.3) is 0 Å². The maximum atomic E-state index is 13.1. The Morgan fingerprint density at radius 3 is 2.69 bits per heavy atom. The highest BCUT2D eigenvalue weighted by molar-refractivity contribution is 5.89. The van der Waals surface area contributed by atoms with Crippen molar-refractivity contribution in [1.29, 1.82) is 0 Å². The molecule has 0 aromatic heterocycles. The molecule has 26 heavy (non-hydrogen) atoms. The lowest BCUT2D eigenvalue weighted by atomic mass is 10.1. The van der Waals surface area contributed by atoms with E-state index in [-0.39, 0.29) is 0 Å². The van der Waals surface area contributed by atoms with Gasteiger partial charge in [0.15, 0.2) is 0 Å². The van der Waals surface area contributed by atoms with E-state index in [1.165, 1.54) is 12.1 Å². The van der Waals surface area contributed by atoms with E-state index in [9.17, 15) is 13.2 Å². The van der Waals surface area contributed by atoms with Crippen molar-refractivity contribution in [3.05, 3.63) is 41.1 Å². The first-order valence-electron chi connectivity index (χ1n) is 8.87. The van der Waals surface area contributed by atoms with E-state index in [1.54, 1.807) is 20.0 Å². The van der Waals surface area contributed by atoms with E-state index < -0.39 is 11.7 Å². The molecular formula is C19H25F3N4. The second-order valence-corrected chi connectivity index (χ2v) is 6.99. The number of benzene rings is 1. The number of alkyl halides is 3. The van der Waals surface area contributed by atoms with Crippen LogP contribution in [0.5, 0.6) is 0 Å². The van der Waals surface area contributed by atoms with E-state index in [0.717, 1.165) is 37.8 Å². The number of hydrogen-bond acceptors (Lipinski definition) is 3.